The first-order chi connectivity index (χ1) is 11.2. The zero-order valence-corrected chi connectivity index (χ0v) is 13.0. The predicted molar refractivity (Wildman–Crippen MR) is 82.6 cm³/mol. The zero-order chi connectivity index (χ0) is 16.2. The Morgan fingerprint density at radius 2 is 2.13 bits per heavy atom. The van der Waals surface area contributed by atoms with Crippen LogP contribution in [-0.4, -0.2) is 44.8 Å². The van der Waals surface area contributed by atoms with Crippen LogP contribution in [0.3, 0.4) is 0 Å². The summed E-state index contributed by atoms with van der Waals surface area (Å²) in [5.41, 5.74) is 0.646. The molecular weight excluding hydrogens is 300 g/mol. The zero-order valence-electron chi connectivity index (χ0n) is 13.0. The molecule has 124 valence electrons. The van der Waals surface area contributed by atoms with Gasteiger partial charge in [-0.2, -0.15) is 0 Å². The lowest BCUT2D eigenvalue weighted by atomic mass is 9.90. The molecule has 2 N–H and O–H groups in total. The third-order valence-electron chi connectivity index (χ3n) is 4.01. The van der Waals surface area contributed by atoms with Crippen LogP contribution in [0.25, 0.3) is 0 Å². The number of hydrogen-bond acceptors (Lipinski definition) is 5. The van der Waals surface area contributed by atoms with Crippen molar-refractivity contribution in [3.63, 3.8) is 0 Å². The minimum Gasteiger partial charge on any atom is -0.486 e. The Morgan fingerprint density at radius 1 is 1.35 bits per heavy atom. The van der Waals surface area contributed by atoms with E-state index in [0.717, 1.165) is 0 Å². The molecule has 0 aliphatic carbocycles. The van der Waals surface area contributed by atoms with Gasteiger partial charge in [0.05, 0.1) is 18.6 Å². The normalized spacial score (nSPS) is 23.1. The highest BCUT2D eigenvalue weighted by molar-refractivity contribution is 5.94. The average molecular weight is 320 g/mol. The second kappa shape index (κ2) is 6.87. The van der Waals surface area contributed by atoms with E-state index in [-0.39, 0.29) is 23.8 Å². The van der Waals surface area contributed by atoms with Gasteiger partial charge in [0.15, 0.2) is 11.5 Å². The molecule has 2 heterocycles. The van der Waals surface area contributed by atoms with Crippen molar-refractivity contribution in [1.82, 2.24) is 5.32 Å². The van der Waals surface area contributed by atoms with E-state index >= 15 is 0 Å². The molecule has 1 saturated heterocycles. The fraction of sp³-hybridized carbons (Fsp3) is 0.500. The van der Waals surface area contributed by atoms with Gasteiger partial charge in [0.25, 0.3) is 0 Å². The number of carbonyl (C=O) groups excluding carboxylic acids is 2. The highest BCUT2D eigenvalue weighted by Crippen LogP contribution is 2.33. The van der Waals surface area contributed by atoms with Crippen molar-refractivity contribution in [2.75, 3.05) is 32.2 Å². The molecule has 1 aromatic rings. The van der Waals surface area contributed by atoms with E-state index in [0.29, 0.717) is 49.8 Å². The summed E-state index contributed by atoms with van der Waals surface area (Å²) in [6.45, 7) is 1.33. The van der Waals surface area contributed by atoms with Crippen LogP contribution in [0.4, 0.5) is 5.69 Å². The number of fused-ring (bicyclic) bond motifs is 1. The van der Waals surface area contributed by atoms with Crippen molar-refractivity contribution in [3.05, 3.63) is 18.2 Å². The van der Waals surface area contributed by atoms with Gasteiger partial charge >= 0.3 is 0 Å². The molecule has 0 saturated carbocycles. The van der Waals surface area contributed by atoms with Crippen molar-refractivity contribution >= 4 is 17.5 Å². The van der Waals surface area contributed by atoms with Gasteiger partial charge in [-0.1, -0.05) is 0 Å². The molecule has 0 spiro atoms. The second-order valence-corrected chi connectivity index (χ2v) is 5.62. The van der Waals surface area contributed by atoms with Crippen molar-refractivity contribution in [2.45, 2.75) is 18.9 Å². The minimum atomic E-state index is -0.319. The van der Waals surface area contributed by atoms with Crippen LogP contribution in [0.5, 0.6) is 11.5 Å². The number of amides is 2. The van der Waals surface area contributed by atoms with E-state index in [1.165, 1.54) is 0 Å². The van der Waals surface area contributed by atoms with Gasteiger partial charge in [0, 0.05) is 25.3 Å². The van der Waals surface area contributed by atoms with Crippen LogP contribution in [0.2, 0.25) is 0 Å². The molecule has 0 aromatic heterocycles. The predicted octanol–water partition coefficient (Wildman–Crippen LogP) is 0.937. The molecule has 3 rings (SSSR count). The summed E-state index contributed by atoms with van der Waals surface area (Å²) in [6.07, 6.45) is 0.857. The Kier molecular flexibility index (Phi) is 4.66. The highest BCUT2D eigenvalue weighted by atomic mass is 16.6. The van der Waals surface area contributed by atoms with Crippen molar-refractivity contribution in [3.8, 4) is 11.5 Å². The number of piperidine rings is 1. The first kappa shape index (κ1) is 15.6. The summed E-state index contributed by atoms with van der Waals surface area (Å²) in [5.74, 6) is 0.802. The molecule has 2 atom stereocenters. The molecule has 0 unspecified atom stereocenters. The van der Waals surface area contributed by atoms with Gasteiger partial charge in [-0.3, -0.25) is 9.59 Å². The Morgan fingerprint density at radius 3 is 2.91 bits per heavy atom. The number of ether oxygens (including phenoxy) is 3. The summed E-state index contributed by atoms with van der Waals surface area (Å²) in [6, 6.07) is 5.00. The summed E-state index contributed by atoms with van der Waals surface area (Å²) in [7, 11) is 1.55. The van der Waals surface area contributed by atoms with Crippen LogP contribution >= 0.6 is 0 Å². The fourth-order valence-corrected chi connectivity index (χ4v) is 2.87. The molecule has 2 aliphatic heterocycles. The Hall–Kier alpha value is -2.28. The molecule has 2 amide bonds. The van der Waals surface area contributed by atoms with Crippen molar-refractivity contribution < 1.29 is 23.8 Å². The van der Waals surface area contributed by atoms with Gasteiger partial charge in [-0.05, 0) is 18.6 Å². The molecular formula is C16H20N2O5. The number of anilines is 1. The maximum Gasteiger partial charge on any atom is 0.229 e. The third-order valence-corrected chi connectivity index (χ3v) is 4.01. The maximum absolute atomic E-state index is 12.5. The lowest BCUT2D eigenvalue weighted by Crippen LogP contribution is -2.51. The van der Waals surface area contributed by atoms with E-state index in [1.54, 1.807) is 25.3 Å². The lowest BCUT2D eigenvalue weighted by molar-refractivity contribution is -0.129. The molecule has 23 heavy (non-hydrogen) atoms. The minimum absolute atomic E-state index is 0.0459. The summed E-state index contributed by atoms with van der Waals surface area (Å²) >= 11 is 0. The van der Waals surface area contributed by atoms with Crippen LogP contribution in [0.1, 0.15) is 12.8 Å². The van der Waals surface area contributed by atoms with E-state index < -0.39 is 0 Å². The molecule has 1 aromatic carbocycles. The van der Waals surface area contributed by atoms with E-state index in [4.69, 9.17) is 14.2 Å². The van der Waals surface area contributed by atoms with Crippen LogP contribution in [0, 0.1) is 5.92 Å². The Balaban J connectivity index is 1.69. The summed E-state index contributed by atoms with van der Waals surface area (Å²) in [4.78, 5) is 24.0. The average Bonchev–Trinajstić information content (AvgIpc) is 2.55. The first-order valence-corrected chi connectivity index (χ1v) is 7.66. The second-order valence-electron chi connectivity index (χ2n) is 5.62. The van der Waals surface area contributed by atoms with Crippen molar-refractivity contribution in [1.29, 1.82) is 0 Å². The Bertz CT molecular complexity index is 604. The highest BCUT2D eigenvalue weighted by Gasteiger charge is 2.34. The van der Waals surface area contributed by atoms with Gasteiger partial charge in [-0.25, -0.2) is 0 Å². The number of rotatable bonds is 4. The molecule has 1 fully saturated rings. The summed E-state index contributed by atoms with van der Waals surface area (Å²) < 4.78 is 16.1. The number of hydrogen-bond donors (Lipinski definition) is 2. The van der Waals surface area contributed by atoms with E-state index in [1.807, 2.05) is 0 Å². The maximum atomic E-state index is 12.5. The molecule has 2 aliphatic rings. The van der Waals surface area contributed by atoms with Gasteiger partial charge in [0.2, 0.25) is 11.8 Å². The number of carbonyl (C=O) groups is 2. The summed E-state index contributed by atoms with van der Waals surface area (Å²) in [5, 5.41) is 5.70. The monoisotopic (exact) mass is 320 g/mol. The van der Waals surface area contributed by atoms with Crippen LogP contribution in [0.15, 0.2) is 18.2 Å². The standard InChI is InChI=1S/C16H20N2O5/c1-21-9-12-11(3-5-15(19)18-12)16(20)17-10-2-4-13-14(8-10)23-7-6-22-13/h2,4,8,11-12H,3,5-7,9H2,1H3,(H,17,20)(H,18,19)/t11-,12-/m1/s1. The van der Waals surface area contributed by atoms with Crippen LogP contribution in [-0.2, 0) is 14.3 Å². The first-order valence-electron chi connectivity index (χ1n) is 7.66. The lowest BCUT2D eigenvalue weighted by Gasteiger charge is -2.30. The van der Waals surface area contributed by atoms with Crippen molar-refractivity contribution in [2.24, 2.45) is 5.92 Å². The topological polar surface area (TPSA) is 85.9 Å². The van der Waals surface area contributed by atoms with E-state index in [2.05, 4.69) is 10.6 Å². The number of methoxy groups -OCH3 is 1. The smallest absolute Gasteiger partial charge is 0.229 e. The molecule has 0 radical (unpaired) electrons. The molecule has 0 bridgehead atoms. The molecule has 7 heteroatoms. The largest absolute Gasteiger partial charge is 0.486 e. The van der Waals surface area contributed by atoms with Gasteiger partial charge in [-0.15, -0.1) is 0 Å². The number of benzene rings is 1. The third kappa shape index (κ3) is 3.56. The number of nitrogens with one attached hydrogen (secondary N) is 2. The van der Waals surface area contributed by atoms with E-state index in [9.17, 15) is 9.59 Å². The van der Waals surface area contributed by atoms with Crippen LogP contribution < -0.4 is 20.1 Å². The Labute approximate surface area is 134 Å². The quantitative estimate of drug-likeness (QED) is 0.862. The van der Waals surface area contributed by atoms with Gasteiger partial charge in [0.1, 0.15) is 13.2 Å². The van der Waals surface area contributed by atoms with Gasteiger partial charge < -0.3 is 24.8 Å². The SMILES string of the molecule is COC[C@H]1NC(=O)CC[C@H]1C(=O)Nc1ccc2c(c1)OCCO2. The fourth-order valence-electron chi connectivity index (χ4n) is 2.87. The molecule has 7 nitrogen and oxygen atoms in total.